The molecule has 2 rings (SSSR count). The van der Waals surface area contributed by atoms with Crippen molar-refractivity contribution in [1.82, 2.24) is 4.90 Å². The molecule has 110 valence electrons. The third kappa shape index (κ3) is 4.21. The Balaban J connectivity index is 1.84. The molecule has 1 saturated carbocycles. The summed E-state index contributed by atoms with van der Waals surface area (Å²) in [7, 11) is 0. The van der Waals surface area contributed by atoms with Crippen LogP contribution in [-0.4, -0.2) is 41.7 Å². The van der Waals surface area contributed by atoms with Crippen LogP contribution in [0, 0.1) is 6.92 Å². The molecule has 0 unspecified atom stereocenters. The Morgan fingerprint density at radius 3 is 2.85 bits per heavy atom. The van der Waals surface area contributed by atoms with Gasteiger partial charge in [-0.1, -0.05) is 6.07 Å². The number of hydrogen-bond acceptors (Lipinski definition) is 4. The number of nitrogens with two attached hydrogens (primary N) is 1. The Bertz CT molecular complexity index is 472. The highest BCUT2D eigenvalue weighted by molar-refractivity contribution is 5.92. The van der Waals surface area contributed by atoms with Crippen molar-refractivity contribution in [3.05, 3.63) is 23.8 Å². The Labute approximate surface area is 119 Å². The molecule has 1 fully saturated rings. The first-order valence-corrected chi connectivity index (χ1v) is 7.11. The lowest BCUT2D eigenvalue weighted by atomic mass is 10.2. The maximum atomic E-state index is 12.0. The van der Waals surface area contributed by atoms with Crippen LogP contribution in [0.4, 0.5) is 11.4 Å². The van der Waals surface area contributed by atoms with Crippen LogP contribution < -0.4 is 11.1 Å². The molecule has 0 radical (unpaired) electrons. The van der Waals surface area contributed by atoms with Crippen molar-refractivity contribution < 1.29 is 9.90 Å². The molecular formula is C15H23N3O2. The average molecular weight is 277 g/mol. The van der Waals surface area contributed by atoms with Crippen LogP contribution in [0.2, 0.25) is 0 Å². The van der Waals surface area contributed by atoms with E-state index < -0.39 is 0 Å². The van der Waals surface area contributed by atoms with E-state index in [1.54, 1.807) is 6.07 Å². The number of aryl methyl sites for hydroxylation is 1. The number of nitrogens with one attached hydrogen (secondary N) is 1. The van der Waals surface area contributed by atoms with E-state index in [0.717, 1.165) is 11.3 Å². The summed E-state index contributed by atoms with van der Waals surface area (Å²) in [6.07, 6.45) is 2.79. The summed E-state index contributed by atoms with van der Waals surface area (Å²) in [5, 5.41) is 11.9. The third-order valence-electron chi connectivity index (χ3n) is 3.61. The van der Waals surface area contributed by atoms with Crippen molar-refractivity contribution in [3.63, 3.8) is 0 Å². The molecule has 0 bridgehead atoms. The number of aliphatic hydroxyl groups excluding tert-OH is 1. The predicted molar refractivity (Wildman–Crippen MR) is 80.5 cm³/mol. The normalized spacial score (nSPS) is 14.6. The number of nitrogens with zero attached hydrogens (tertiary/aromatic N) is 1. The Kier molecular flexibility index (Phi) is 4.98. The number of anilines is 2. The molecule has 1 aliphatic rings. The SMILES string of the molecule is Cc1ccc(N)cc1NC(=O)CCN(CCO)C1CC1. The van der Waals surface area contributed by atoms with E-state index in [1.165, 1.54) is 12.8 Å². The second-order valence-corrected chi connectivity index (χ2v) is 5.36. The second-order valence-electron chi connectivity index (χ2n) is 5.36. The van der Waals surface area contributed by atoms with Crippen molar-refractivity contribution in [3.8, 4) is 0 Å². The van der Waals surface area contributed by atoms with E-state index in [9.17, 15) is 4.79 Å². The molecule has 0 atom stereocenters. The summed E-state index contributed by atoms with van der Waals surface area (Å²) >= 11 is 0. The van der Waals surface area contributed by atoms with E-state index in [1.807, 2.05) is 19.1 Å². The van der Waals surface area contributed by atoms with Gasteiger partial charge in [-0.05, 0) is 37.5 Å². The van der Waals surface area contributed by atoms with Gasteiger partial charge in [0.15, 0.2) is 0 Å². The lowest BCUT2D eigenvalue weighted by Gasteiger charge is -2.20. The Morgan fingerprint density at radius 2 is 2.20 bits per heavy atom. The van der Waals surface area contributed by atoms with Gasteiger partial charge in [0.05, 0.1) is 6.61 Å². The van der Waals surface area contributed by atoms with Crippen molar-refractivity contribution in [2.24, 2.45) is 0 Å². The minimum atomic E-state index is -0.0118. The fraction of sp³-hybridized carbons (Fsp3) is 0.533. The molecule has 1 amide bonds. The van der Waals surface area contributed by atoms with Gasteiger partial charge in [0.2, 0.25) is 5.91 Å². The Hall–Kier alpha value is -1.59. The number of nitrogen functional groups attached to an aromatic ring is 1. The highest BCUT2D eigenvalue weighted by Crippen LogP contribution is 2.26. The van der Waals surface area contributed by atoms with E-state index >= 15 is 0 Å². The number of rotatable bonds is 7. The summed E-state index contributed by atoms with van der Waals surface area (Å²) in [6.45, 7) is 3.43. The van der Waals surface area contributed by atoms with Gasteiger partial charge in [0, 0.05) is 36.9 Å². The zero-order valence-electron chi connectivity index (χ0n) is 11.9. The summed E-state index contributed by atoms with van der Waals surface area (Å²) in [6, 6.07) is 6.05. The molecule has 5 nitrogen and oxygen atoms in total. The number of carbonyl (C=O) groups excluding carboxylic acids is 1. The topological polar surface area (TPSA) is 78.6 Å². The first kappa shape index (κ1) is 14.8. The molecule has 1 aromatic carbocycles. The van der Waals surface area contributed by atoms with E-state index in [2.05, 4.69) is 10.2 Å². The smallest absolute Gasteiger partial charge is 0.225 e. The molecule has 0 spiro atoms. The fourth-order valence-corrected chi connectivity index (χ4v) is 2.28. The molecule has 4 N–H and O–H groups in total. The van der Waals surface area contributed by atoms with Crippen LogP contribution in [0.15, 0.2) is 18.2 Å². The molecule has 0 heterocycles. The number of benzene rings is 1. The summed E-state index contributed by atoms with van der Waals surface area (Å²) in [5.74, 6) is -0.0118. The van der Waals surface area contributed by atoms with Crippen LogP contribution in [0.3, 0.4) is 0 Å². The highest BCUT2D eigenvalue weighted by atomic mass is 16.3. The van der Waals surface area contributed by atoms with Crippen LogP contribution >= 0.6 is 0 Å². The minimum absolute atomic E-state index is 0.0118. The standard InChI is InChI=1S/C15H23N3O2/c1-11-2-3-12(16)10-14(11)17-15(20)6-7-18(8-9-19)13-4-5-13/h2-3,10,13,19H,4-9,16H2,1H3,(H,17,20). The fourth-order valence-electron chi connectivity index (χ4n) is 2.28. The second kappa shape index (κ2) is 6.72. The average Bonchev–Trinajstić information content (AvgIpc) is 3.23. The highest BCUT2D eigenvalue weighted by Gasteiger charge is 2.28. The zero-order chi connectivity index (χ0) is 14.5. The third-order valence-corrected chi connectivity index (χ3v) is 3.61. The molecule has 20 heavy (non-hydrogen) atoms. The number of amides is 1. The first-order chi connectivity index (χ1) is 9.60. The van der Waals surface area contributed by atoms with E-state index in [0.29, 0.717) is 31.2 Å². The molecule has 5 heteroatoms. The van der Waals surface area contributed by atoms with E-state index in [4.69, 9.17) is 10.8 Å². The quantitative estimate of drug-likeness (QED) is 0.658. The number of carbonyl (C=O) groups is 1. The van der Waals surface area contributed by atoms with Crippen LogP contribution in [0.1, 0.15) is 24.8 Å². The van der Waals surface area contributed by atoms with Gasteiger partial charge >= 0.3 is 0 Å². The van der Waals surface area contributed by atoms with Crippen molar-refractivity contribution in [2.45, 2.75) is 32.2 Å². The van der Waals surface area contributed by atoms with Crippen molar-refractivity contribution >= 4 is 17.3 Å². The van der Waals surface area contributed by atoms with Gasteiger partial charge in [-0.15, -0.1) is 0 Å². The lowest BCUT2D eigenvalue weighted by molar-refractivity contribution is -0.116. The van der Waals surface area contributed by atoms with Gasteiger partial charge in [0.25, 0.3) is 0 Å². The monoisotopic (exact) mass is 277 g/mol. The number of hydrogen-bond donors (Lipinski definition) is 3. The van der Waals surface area contributed by atoms with Gasteiger partial charge < -0.3 is 16.2 Å². The van der Waals surface area contributed by atoms with Gasteiger partial charge in [-0.2, -0.15) is 0 Å². The largest absolute Gasteiger partial charge is 0.399 e. The first-order valence-electron chi connectivity index (χ1n) is 7.11. The zero-order valence-corrected chi connectivity index (χ0v) is 11.9. The van der Waals surface area contributed by atoms with Gasteiger partial charge in [-0.3, -0.25) is 9.69 Å². The molecule has 1 aliphatic carbocycles. The molecule has 0 aromatic heterocycles. The van der Waals surface area contributed by atoms with Crippen LogP contribution in [0.25, 0.3) is 0 Å². The Morgan fingerprint density at radius 1 is 1.45 bits per heavy atom. The minimum Gasteiger partial charge on any atom is -0.399 e. The number of aliphatic hydroxyl groups is 1. The molecule has 0 aliphatic heterocycles. The maximum absolute atomic E-state index is 12.0. The van der Waals surface area contributed by atoms with Gasteiger partial charge in [0.1, 0.15) is 0 Å². The van der Waals surface area contributed by atoms with Crippen molar-refractivity contribution in [1.29, 1.82) is 0 Å². The molecular weight excluding hydrogens is 254 g/mol. The van der Waals surface area contributed by atoms with E-state index in [-0.39, 0.29) is 12.5 Å². The maximum Gasteiger partial charge on any atom is 0.225 e. The van der Waals surface area contributed by atoms with Gasteiger partial charge in [-0.25, -0.2) is 0 Å². The molecule has 1 aromatic rings. The van der Waals surface area contributed by atoms with Crippen molar-refractivity contribution in [2.75, 3.05) is 30.7 Å². The summed E-state index contributed by atoms with van der Waals surface area (Å²) in [4.78, 5) is 14.2. The predicted octanol–water partition coefficient (Wildman–Crippen LogP) is 1.36. The lowest BCUT2D eigenvalue weighted by Crippen LogP contribution is -2.32. The summed E-state index contributed by atoms with van der Waals surface area (Å²) in [5.41, 5.74) is 8.14. The summed E-state index contributed by atoms with van der Waals surface area (Å²) < 4.78 is 0. The van der Waals surface area contributed by atoms with Crippen LogP contribution in [0.5, 0.6) is 0 Å². The molecule has 0 saturated heterocycles. The van der Waals surface area contributed by atoms with Crippen LogP contribution in [-0.2, 0) is 4.79 Å².